The minimum absolute atomic E-state index is 0.0268. The molecule has 6 heteroatoms. The van der Waals surface area contributed by atoms with Gasteiger partial charge in [0.05, 0.1) is 6.04 Å². The molecule has 2 rings (SSSR count). The molecule has 146 valence electrons. The average Bonchev–Trinajstić information content (AvgIpc) is 2.66. The number of guanidine groups is 1. The Morgan fingerprint density at radius 1 is 1.38 bits per heavy atom. The smallest absolute Gasteiger partial charge is 0.191 e. The molecule has 0 bridgehead atoms. The first-order valence-electron chi connectivity index (χ1n) is 9.49. The van der Waals surface area contributed by atoms with E-state index in [4.69, 9.17) is 9.47 Å². The molecule has 2 N–H and O–H groups in total. The molecule has 0 radical (unpaired) electrons. The van der Waals surface area contributed by atoms with Gasteiger partial charge in [0.25, 0.3) is 0 Å². The van der Waals surface area contributed by atoms with Crippen LogP contribution in [0.2, 0.25) is 0 Å². The lowest BCUT2D eigenvalue weighted by atomic mass is 10.0. The standard InChI is InChI=1S/C20H32FN3O2/c1-15-5-6-18(13-19(15)21)16(2)24-20(22-3)23-9-4-10-26-14-17-7-11-25-12-8-17/h5-6,13,16-17H,4,7-12,14H2,1-3H3,(H2,22,23,24). The Bertz CT molecular complexity index is 574. The predicted molar refractivity (Wildman–Crippen MR) is 103 cm³/mol. The van der Waals surface area contributed by atoms with E-state index >= 15 is 0 Å². The summed E-state index contributed by atoms with van der Waals surface area (Å²) in [6, 6.07) is 5.29. The van der Waals surface area contributed by atoms with Gasteiger partial charge in [0.15, 0.2) is 5.96 Å². The maximum atomic E-state index is 13.7. The number of aryl methyl sites for hydroxylation is 1. The van der Waals surface area contributed by atoms with Crippen LogP contribution in [0.1, 0.15) is 43.4 Å². The molecule has 5 nitrogen and oxygen atoms in total. The highest BCUT2D eigenvalue weighted by atomic mass is 19.1. The molecule has 1 fully saturated rings. The van der Waals surface area contributed by atoms with Gasteiger partial charge in [0, 0.05) is 40.0 Å². The van der Waals surface area contributed by atoms with E-state index in [0.717, 1.165) is 57.8 Å². The van der Waals surface area contributed by atoms with Crippen molar-refractivity contribution in [2.45, 2.75) is 39.2 Å². The van der Waals surface area contributed by atoms with Crippen LogP contribution < -0.4 is 10.6 Å². The summed E-state index contributed by atoms with van der Waals surface area (Å²) in [5.74, 6) is 1.17. The Morgan fingerprint density at radius 3 is 2.85 bits per heavy atom. The Kier molecular flexibility index (Phi) is 8.85. The van der Waals surface area contributed by atoms with Crippen molar-refractivity contribution < 1.29 is 13.9 Å². The average molecular weight is 365 g/mol. The van der Waals surface area contributed by atoms with E-state index in [1.165, 1.54) is 0 Å². The van der Waals surface area contributed by atoms with Crippen LogP contribution in [-0.2, 0) is 9.47 Å². The second-order valence-electron chi connectivity index (χ2n) is 6.86. The highest BCUT2D eigenvalue weighted by Gasteiger charge is 2.13. The lowest BCUT2D eigenvalue weighted by Gasteiger charge is -2.22. The molecule has 1 unspecified atom stereocenters. The first-order chi connectivity index (χ1) is 12.6. The molecule has 1 aliphatic rings. The zero-order valence-electron chi connectivity index (χ0n) is 16.2. The summed E-state index contributed by atoms with van der Waals surface area (Å²) < 4.78 is 24.8. The number of benzene rings is 1. The van der Waals surface area contributed by atoms with Crippen molar-refractivity contribution in [3.8, 4) is 0 Å². The zero-order chi connectivity index (χ0) is 18.8. The second kappa shape index (κ2) is 11.1. The summed E-state index contributed by atoms with van der Waals surface area (Å²) in [4.78, 5) is 4.23. The number of hydrogen-bond donors (Lipinski definition) is 2. The van der Waals surface area contributed by atoms with Gasteiger partial charge in [-0.1, -0.05) is 12.1 Å². The SMILES string of the molecule is CN=C(NCCCOCC1CCOCC1)NC(C)c1ccc(C)c(F)c1. The van der Waals surface area contributed by atoms with Crippen LogP contribution in [0.3, 0.4) is 0 Å². The number of nitrogens with zero attached hydrogens (tertiary/aromatic N) is 1. The minimum Gasteiger partial charge on any atom is -0.381 e. The van der Waals surface area contributed by atoms with E-state index in [2.05, 4.69) is 15.6 Å². The topological polar surface area (TPSA) is 54.9 Å². The lowest BCUT2D eigenvalue weighted by Crippen LogP contribution is -2.39. The summed E-state index contributed by atoms with van der Waals surface area (Å²) in [6.45, 7) is 7.83. The third kappa shape index (κ3) is 6.92. The first kappa shape index (κ1) is 20.6. The molecule has 0 amide bonds. The zero-order valence-corrected chi connectivity index (χ0v) is 16.2. The number of halogens is 1. The van der Waals surface area contributed by atoms with Crippen molar-refractivity contribution in [3.05, 3.63) is 35.1 Å². The maximum absolute atomic E-state index is 13.7. The molecular weight excluding hydrogens is 333 g/mol. The van der Waals surface area contributed by atoms with Gasteiger partial charge in [-0.15, -0.1) is 0 Å². The van der Waals surface area contributed by atoms with E-state index in [9.17, 15) is 4.39 Å². The van der Waals surface area contributed by atoms with Gasteiger partial charge in [-0.05, 0) is 56.2 Å². The lowest BCUT2D eigenvalue weighted by molar-refractivity contribution is 0.0203. The van der Waals surface area contributed by atoms with Gasteiger partial charge in [0.1, 0.15) is 5.82 Å². The van der Waals surface area contributed by atoms with Crippen LogP contribution in [0.15, 0.2) is 23.2 Å². The maximum Gasteiger partial charge on any atom is 0.191 e. The molecule has 1 atom stereocenters. The summed E-state index contributed by atoms with van der Waals surface area (Å²) in [5, 5.41) is 6.57. The molecule has 1 saturated heterocycles. The van der Waals surface area contributed by atoms with Crippen molar-refractivity contribution in [3.63, 3.8) is 0 Å². The largest absolute Gasteiger partial charge is 0.381 e. The summed E-state index contributed by atoms with van der Waals surface area (Å²) in [7, 11) is 1.74. The summed E-state index contributed by atoms with van der Waals surface area (Å²) in [5.41, 5.74) is 1.56. The van der Waals surface area contributed by atoms with E-state index < -0.39 is 0 Å². The van der Waals surface area contributed by atoms with Gasteiger partial charge in [-0.2, -0.15) is 0 Å². The van der Waals surface area contributed by atoms with Crippen LogP contribution >= 0.6 is 0 Å². The molecule has 0 aliphatic carbocycles. The van der Waals surface area contributed by atoms with Crippen LogP contribution in [-0.4, -0.2) is 46.0 Å². The Hall–Kier alpha value is -1.66. The fraction of sp³-hybridized carbons (Fsp3) is 0.650. The van der Waals surface area contributed by atoms with Crippen molar-refractivity contribution >= 4 is 5.96 Å². The molecule has 1 aromatic carbocycles. The fourth-order valence-corrected chi connectivity index (χ4v) is 2.91. The van der Waals surface area contributed by atoms with Crippen LogP contribution in [0.5, 0.6) is 0 Å². The monoisotopic (exact) mass is 365 g/mol. The Labute approximate surface area is 156 Å². The quantitative estimate of drug-likeness (QED) is 0.422. The molecule has 26 heavy (non-hydrogen) atoms. The minimum atomic E-state index is -0.180. The van der Waals surface area contributed by atoms with Crippen LogP contribution in [0, 0.1) is 18.7 Å². The molecule has 1 aliphatic heterocycles. The van der Waals surface area contributed by atoms with Crippen LogP contribution in [0.25, 0.3) is 0 Å². The Morgan fingerprint density at radius 2 is 2.15 bits per heavy atom. The highest BCUT2D eigenvalue weighted by molar-refractivity contribution is 5.80. The van der Waals surface area contributed by atoms with Gasteiger partial charge in [-0.25, -0.2) is 4.39 Å². The van der Waals surface area contributed by atoms with Crippen molar-refractivity contribution in [1.82, 2.24) is 10.6 Å². The van der Waals surface area contributed by atoms with E-state index in [1.807, 2.05) is 13.0 Å². The molecule has 0 aromatic heterocycles. The number of hydrogen-bond acceptors (Lipinski definition) is 3. The van der Waals surface area contributed by atoms with Gasteiger partial charge in [-0.3, -0.25) is 4.99 Å². The van der Waals surface area contributed by atoms with Crippen molar-refractivity contribution in [2.24, 2.45) is 10.9 Å². The molecule has 1 aromatic rings. The normalized spacial score (nSPS) is 17.2. The van der Waals surface area contributed by atoms with E-state index in [1.54, 1.807) is 26.1 Å². The first-order valence-corrected chi connectivity index (χ1v) is 9.49. The number of rotatable bonds is 8. The second-order valence-corrected chi connectivity index (χ2v) is 6.86. The number of aliphatic imine (C=N–C) groups is 1. The van der Waals surface area contributed by atoms with Gasteiger partial charge in [0.2, 0.25) is 0 Å². The predicted octanol–water partition coefficient (Wildman–Crippen LogP) is 3.19. The van der Waals surface area contributed by atoms with Gasteiger partial charge < -0.3 is 20.1 Å². The van der Waals surface area contributed by atoms with Crippen molar-refractivity contribution in [2.75, 3.05) is 40.0 Å². The highest BCUT2D eigenvalue weighted by Crippen LogP contribution is 2.16. The van der Waals surface area contributed by atoms with Crippen molar-refractivity contribution in [1.29, 1.82) is 0 Å². The Balaban J connectivity index is 1.63. The fourth-order valence-electron chi connectivity index (χ4n) is 2.91. The molecular formula is C20H32FN3O2. The van der Waals surface area contributed by atoms with E-state index in [0.29, 0.717) is 17.4 Å². The van der Waals surface area contributed by atoms with Gasteiger partial charge >= 0.3 is 0 Å². The number of nitrogens with one attached hydrogen (secondary N) is 2. The van der Waals surface area contributed by atoms with E-state index in [-0.39, 0.29) is 11.9 Å². The molecule has 0 spiro atoms. The summed E-state index contributed by atoms with van der Waals surface area (Å²) in [6.07, 6.45) is 3.12. The molecule has 0 saturated carbocycles. The third-order valence-electron chi connectivity index (χ3n) is 4.73. The summed E-state index contributed by atoms with van der Waals surface area (Å²) >= 11 is 0. The number of ether oxygens (including phenoxy) is 2. The van der Waals surface area contributed by atoms with Crippen LogP contribution in [0.4, 0.5) is 4.39 Å². The third-order valence-corrected chi connectivity index (χ3v) is 4.73. The molecule has 1 heterocycles.